The standard InChI is InChI=1S/C22H24ClN3O4/c1-13-11-26(12-14(2)18(13)19(27)15-3-5-16(23)6-4-15)22(28)25-17-7-8-24-21-20(17)29-9-10-30-21/h3-8,13-14,18H,9-12H2,1-2H3,(H,24,25,28). The lowest BCUT2D eigenvalue weighted by Gasteiger charge is -2.40. The average Bonchev–Trinajstić information content (AvgIpc) is 2.74. The van der Waals surface area contributed by atoms with Crippen LogP contribution in [-0.2, 0) is 0 Å². The molecule has 158 valence electrons. The average molecular weight is 430 g/mol. The molecule has 2 aliphatic heterocycles. The van der Waals surface area contributed by atoms with E-state index in [0.717, 1.165) is 0 Å². The van der Waals surface area contributed by atoms with Crippen molar-refractivity contribution in [2.45, 2.75) is 13.8 Å². The van der Waals surface area contributed by atoms with Crippen molar-refractivity contribution in [3.05, 3.63) is 47.1 Å². The number of pyridine rings is 1. The first-order chi connectivity index (χ1) is 14.4. The maximum atomic E-state index is 13.1. The highest BCUT2D eigenvalue weighted by molar-refractivity contribution is 6.30. The molecule has 0 saturated carbocycles. The zero-order valence-corrected chi connectivity index (χ0v) is 17.7. The maximum absolute atomic E-state index is 13.1. The van der Waals surface area contributed by atoms with Gasteiger partial charge >= 0.3 is 6.03 Å². The highest BCUT2D eigenvalue weighted by atomic mass is 35.5. The number of hydrogen-bond acceptors (Lipinski definition) is 5. The number of piperidine rings is 1. The van der Waals surface area contributed by atoms with E-state index in [1.807, 2.05) is 13.8 Å². The van der Waals surface area contributed by atoms with Crippen molar-refractivity contribution < 1.29 is 19.1 Å². The molecule has 2 amide bonds. The Balaban J connectivity index is 1.45. The number of anilines is 1. The number of benzene rings is 1. The summed E-state index contributed by atoms with van der Waals surface area (Å²) < 4.78 is 11.1. The van der Waals surface area contributed by atoms with E-state index in [1.165, 1.54) is 0 Å². The summed E-state index contributed by atoms with van der Waals surface area (Å²) in [5.74, 6) is 0.822. The summed E-state index contributed by atoms with van der Waals surface area (Å²) in [5, 5.41) is 3.51. The normalized spacial score (nSPS) is 23.0. The van der Waals surface area contributed by atoms with Gasteiger partial charge in [0.05, 0.1) is 5.69 Å². The zero-order chi connectivity index (χ0) is 21.3. The predicted molar refractivity (Wildman–Crippen MR) is 113 cm³/mol. The van der Waals surface area contributed by atoms with Gasteiger partial charge in [-0.1, -0.05) is 25.4 Å². The quantitative estimate of drug-likeness (QED) is 0.742. The topological polar surface area (TPSA) is 80.8 Å². The number of hydrogen-bond donors (Lipinski definition) is 1. The first kappa shape index (κ1) is 20.5. The number of amides is 2. The van der Waals surface area contributed by atoms with Gasteiger partial charge in [-0.3, -0.25) is 4.79 Å². The Kier molecular flexibility index (Phi) is 5.81. The number of halogens is 1. The summed E-state index contributed by atoms with van der Waals surface area (Å²) in [4.78, 5) is 31.9. The summed E-state index contributed by atoms with van der Waals surface area (Å²) in [6.45, 7) is 5.85. The van der Waals surface area contributed by atoms with Crippen LogP contribution in [0.2, 0.25) is 5.02 Å². The van der Waals surface area contributed by atoms with Crippen LogP contribution in [0.1, 0.15) is 24.2 Å². The molecule has 4 rings (SSSR count). The van der Waals surface area contributed by atoms with Crippen molar-refractivity contribution in [1.82, 2.24) is 9.88 Å². The lowest BCUT2D eigenvalue weighted by molar-refractivity contribution is 0.0642. The molecule has 2 unspecified atom stereocenters. The molecule has 1 N–H and O–H groups in total. The second-order valence-corrected chi connectivity index (χ2v) is 8.31. The fourth-order valence-corrected chi connectivity index (χ4v) is 4.42. The molecule has 8 heteroatoms. The molecule has 2 aromatic rings. The molecule has 1 saturated heterocycles. The third-order valence-electron chi connectivity index (χ3n) is 5.64. The van der Waals surface area contributed by atoms with Gasteiger partial charge < -0.3 is 19.7 Å². The Hall–Kier alpha value is -2.80. The molecule has 1 aromatic carbocycles. The number of urea groups is 1. The van der Waals surface area contributed by atoms with E-state index in [1.54, 1.807) is 41.4 Å². The van der Waals surface area contributed by atoms with E-state index in [2.05, 4.69) is 10.3 Å². The zero-order valence-electron chi connectivity index (χ0n) is 16.9. The number of nitrogens with zero attached hydrogens (tertiary/aromatic N) is 2. The minimum Gasteiger partial charge on any atom is -0.483 e. The molecule has 0 spiro atoms. The number of carbonyl (C=O) groups is 2. The van der Waals surface area contributed by atoms with Gasteiger partial charge in [-0.25, -0.2) is 9.78 Å². The number of Topliss-reactive ketones (excluding diaryl/α,β-unsaturated/α-hetero) is 1. The molecule has 3 heterocycles. The number of ketones is 1. The summed E-state index contributed by atoms with van der Waals surface area (Å²) in [7, 11) is 0. The number of rotatable bonds is 3. The molecule has 0 bridgehead atoms. The second kappa shape index (κ2) is 8.52. The lowest BCUT2D eigenvalue weighted by Crippen LogP contribution is -2.50. The van der Waals surface area contributed by atoms with E-state index in [0.29, 0.717) is 54.2 Å². The van der Waals surface area contributed by atoms with Gasteiger partial charge in [-0.2, -0.15) is 0 Å². The van der Waals surface area contributed by atoms with Crippen LogP contribution >= 0.6 is 11.6 Å². The van der Waals surface area contributed by atoms with E-state index >= 15 is 0 Å². The smallest absolute Gasteiger partial charge is 0.321 e. The van der Waals surface area contributed by atoms with E-state index in [4.69, 9.17) is 21.1 Å². The lowest BCUT2D eigenvalue weighted by atomic mass is 9.75. The molecule has 2 aliphatic rings. The van der Waals surface area contributed by atoms with E-state index in [9.17, 15) is 9.59 Å². The van der Waals surface area contributed by atoms with Crippen molar-refractivity contribution in [3.8, 4) is 11.6 Å². The minimum atomic E-state index is -0.228. The largest absolute Gasteiger partial charge is 0.483 e. The highest BCUT2D eigenvalue weighted by Crippen LogP contribution is 2.36. The molecule has 0 aliphatic carbocycles. The van der Waals surface area contributed by atoms with Crippen molar-refractivity contribution in [2.24, 2.45) is 17.8 Å². The molecular formula is C22H24ClN3O4. The Morgan fingerprint density at radius 3 is 2.43 bits per heavy atom. The van der Waals surface area contributed by atoms with Gasteiger partial charge in [0.2, 0.25) is 5.75 Å². The first-order valence-electron chi connectivity index (χ1n) is 10.0. The van der Waals surface area contributed by atoms with Crippen LogP contribution in [0.3, 0.4) is 0 Å². The van der Waals surface area contributed by atoms with Crippen LogP contribution in [-0.4, -0.2) is 48.0 Å². The minimum absolute atomic E-state index is 0.0219. The van der Waals surface area contributed by atoms with Crippen molar-refractivity contribution >= 4 is 29.1 Å². The van der Waals surface area contributed by atoms with Gasteiger partial charge in [0, 0.05) is 35.8 Å². The number of fused-ring (bicyclic) bond motifs is 1. The van der Waals surface area contributed by atoms with Gasteiger partial charge in [-0.05, 0) is 42.2 Å². The van der Waals surface area contributed by atoms with Crippen LogP contribution in [0.25, 0.3) is 0 Å². The molecular weight excluding hydrogens is 406 g/mol. The fourth-order valence-electron chi connectivity index (χ4n) is 4.29. The predicted octanol–water partition coefficient (Wildman–Crippen LogP) is 4.13. The monoisotopic (exact) mass is 429 g/mol. The van der Waals surface area contributed by atoms with Gasteiger partial charge in [0.1, 0.15) is 13.2 Å². The molecule has 7 nitrogen and oxygen atoms in total. The number of aromatic nitrogens is 1. The maximum Gasteiger partial charge on any atom is 0.321 e. The molecule has 1 fully saturated rings. The van der Waals surface area contributed by atoms with Crippen LogP contribution in [0, 0.1) is 17.8 Å². The number of carbonyl (C=O) groups excluding carboxylic acids is 2. The summed E-state index contributed by atoms with van der Waals surface area (Å²) >= 11 is 5.94. The Bertz CT molecular complexity index is 938. The van der Waals surface area contributed by atoms with Crippen molar-refractivity contribution in [2.75, 3.05) is 31.6 Å². The number of ether oxygens (including phenoxy) is 2. The van der Waals surface area contributed by atoms with Gasteiger partial charge in [-0.15, -0.1) is 0 Å². The summed E-state index contributed by atoms with van der Waals surface area (Å²) in [5.41, 5.74) is 1.19. The van der Waals surface area contributed by atoms with Crippen molar-refractivity contribution in [3.63, 3.8) is 0 Å². The Morgan fingerprint density at radius 1 is 1.07 bits per heavy atom. The first-order valence-corrected chi connectivity index (χ1v) is 10.4. The van der Waals surface area contributed by atoms with Crippen LogP contribution in [0.4, 0.5) is 10.5 Å². The van der Waals surface area contributed by atoms with E-state index in [-0.39, 0.29) is 29.6 Å². The van der Waals surface area contributed by atoms with E-state index < -0.39 is 0 Å². The molecule has 2 atom stereocenters. The number of likely N-dealkylation sites (tertiary alicyclic amines) is 1. The van der Waals surface area contributed by atoms with Gasteiger partial charge in [0.15, 0.2) is 5.78 Å². The van der Waals surface area contributed by atoms with Crippen LogP contribution in [0.15, 0.2) is 36.5 Å². The Morgan fingerprint density at radius 2 is 1.73 bits per heavy atom. The molecule has 1 aromatic heterocycles. The summed E-state index contributed by atoms with van der Waals surface area (Å²) in [6.07, 6.45) is 1.57. The highest BCUT2D eigenvalue weighted by Gasteiger charge is 2.38. The Labute approximate surface area is 180 Å². The molecule has 0 radical (unpaired) electrons. The summed E-state index contributed by atoms with van der Waals surface area (Å²) in [6, 6.07) is 8.45. The second-order valence-electron chi connectivity index (χ2n) is 7.88. The van der Waals surface area contributed by atoms with Crippen molar-refractivity contribution in [1.29, 1.82) is 0 Å². The fraction of sp³-hybridized carbons (Fsp3) is 0.409. The number of nitrogens with one attached hydrogen (secondary N) is 1. The molecule has 30 heavy (non-hydrogen) atoms. The van der Waals surface area contributed by atoms with Crippen LogP contribution < -0.4 is 14.8 Å². The van der Waals surface area contributed by atoms with Gasteiger partial charge in [0.25, 0.3) is 5.88 Å². The van der Waals surface area contributed by atoms with Crippen LogP contribution in [0.5, 0.6) is 11.6 Å². The SMILES string of the molecule is CC1CN(C(=O)Nc2ccnc3c2OCCO3)CC(C)C1C(=O)c1ccc(Cl)cc1. The third-order valence-corrected chi connectivity index (χ3v) is 5.90. The third kappa shape index (κ3) is 4.07.